The van der Waals surface area contributed by atoms with E-state index in [2.05, 4.69) is 26.4 Å². The third kappa shape index (κ3) is 3.88. The van der Waals surface area contributed by atoms with Crippen LogP contribution in [0.2, 0.25) is 0 Å². The minimum atomic E-state index is -0.363. The zero-order chi connectivity index (χ0) is 19.3. The van der Waals surface area contributed by atoms with Crippen molar-refractivity contribution in [3.8, 4) is 11.8 Å². The Bertz CT molecular complexity index is 935. The second kappa shape index (κ2) is 8.21. The van der Waals surface area contributed by atoms with Gasteiger partial charge in [-0.15, -0.1) is 0 Å². The minimum absolute atomic E-state index is 0.129. The molecule has 1 aliphatic rings. The summed E-state index contributed by atoms with van der Waals surface area (Å²) < 4.78 is 1.49. The van der Waals surface area contributed by atoms with Crippen LogP contribution in [0.5, 0.6) is 5.88 Å². The van der Waals surface area contributed by atoms with E-state index >= 15 is 0 Å². The Morgan fingerprint density at radius 3 is 2.71 bits per heavy atom. The van der Waals surface area contributed by atoms with Crippen LogP contribution in [0.4, 0.5) is 0 Å². The number of hydrogen-bond acceptors (Lipinski definition) is 5. The molecule has 0 atom stereocenters. The van der Waals surface area contributed by atoms with Gasteiger partial charge in [0.15, 0.2) is 0 Å². The van der Waals surface area contributed by atoms with E-state index in [9.17, 15) is 9.90 Å². The number of carbonyl (C=O) groups is 1. The highest BCUT2D eigenvalue weighted by Crippen LogP contribution is 2.35. The van der Waals surface area contributed by atoms with Crippen molar-refractivity contribution in [2.24, 2.45) is 0 Å². The highest BCUT2D eigenvalue weighted by Gasteiger charge is 2.28. The monoisotopic (exact) mass is 376 g/mol. The van der Waals surface area contributed by atoms with E-state index in [-0.39, 0.29) is 29.2 Å². The number of nitrogens with zero attached hydrogens (tertiary/aromatic N) is 4. The lowest BCUT2D eigenvalue weighted by Gasteiger charge is -2.23. The van der Waals surface area contributed by atoms with Crippen LogP contribution in [-0.2, 0) is 6.54 Å². The predicted molar refractivity (Wildman–Crippen MR) is 103 cm³/mol. The molecule has 1 radical (unpaired) electrons. The Balaban J connectivity index is 1.67. The van der Waals surface area contributed by atoms with E-state index in [0.717, 1.165) is 31.2 Å². The van der Waals surface area contributed by atoms with Gasteiger partial charge in [0.2, 0.25) is 5.88 Å². The molecule has 2 N–H and O–H groups in total. The minimum Gasteiger partial charge on any atom is -0.493 e. The number of aromatic hydroxyl groups is 1. The molecular weight excluding hydrogens is 354 g/mol. The number of rotatable bonds is 5. The second-order valence-electron chi connectivity index (χ2n) is 6.98. The molecule has 1 amide bonds. The molecule has 2 aromatic heterocycles. The molecule has 0 bridgehead atoms. The maximum atomic E-state index is 12.9. The maximum absolute atomic E-state index is 12.9. The summed E-state index contributed by atoms with van der Waals surface area (Å²) in [6.07, 6.45) is 8.60. The van der Waals surface area contributed by atoms with E-state index in [4.69, 9.17) is 0 Å². The smallest absolute Gasteiger partial charge is 0.258 e. The first-order valence-corrected chi connectivity index (χ1v) is 9.56. The van der Waals surface area contributed by atoms with E-state index in [1.54, 1.807) is 30.6 Å². The molecule has 7 heteroatoms. The van der Waals surface area contributed by atoms with Crippen molar-refractivity contribution in [3.05, 3.63) is 65.6 Å². The summed E-state index contributed by atoms with van der Waals surface area (Å²) in [6, 6.07) is 12.1. The Kier molecular flexibility index (Phi) is 5.32. The summed E-state index contributed by atoms with van der Waals surface area (Å²) in [6.45, 7) is 0.359. The van der Waals surface area contributed by atoms with Crippen LogP contribution < -0.4 is 5.32 Å². The van der Waals surface area contributed by atoms with Crippen LogP contribution in [0.3, 0.4) is 0 Å². The molecular formula is C21H22N5O2. The quantitative estimate of drug-likeness (QED) is 0.714. The molecule has 2 heterocycles. The molecule has 28 heavy (non-hydrogen) atoms. The van der Waals surface area contributed by atoms with Crippen molar-refractivity contribution >= 4 is 5.91 Å². The third-order valence-electron chi connectivity index (χ3n) is 5.07. The van der Waals surface area contributed by atoms with Crippen LogP contribution in [0.15, 0.2) is 42.7 Å². The predicted octanol–water partition coefficient (Wildman–Crippen LogP) is 3.15. The summed E-state index contributed by atoms with van der Waals surface area (Å²) in [4.78, 5) is 21.7. The van der Waals surface area contributed by atoms with Crippen molar-refractivity contribution in [2.45, 2.75) is 44.6 Å². The summed E-state index contributed by atoms with van der Waals surface area (Å²) in [5, 5.41) is 17.6. The fourth-order valence-corrected chi connectivity index (χ4v) is 3.64. The van der Waals surface area contributed by atoms with Gasteiger partial charge in [-0.2, -0.15) is 10.1 Å². The molecule has 4 rings (SSSR count). The average Bonchev–Trinajstić information content (AvgIpc) is 3.28. The van der Waals surface area contributed by atoms with Gasteiger partial charge in [0.25, 0.3) is 11.9 Å². The van der Waals surface area contributed by atoms with E-state index in [0.29, 0.717) is 12.2 Å². The van der Waals surface area contributed by atoms with Crippen molar-refractivity contribution in [1.29, 1.82) is 0 Å². The van der Waals surface area contributed by atoms with E-state index < -0.39 is 0 Å². The van der Waals surface area contributed by atoms with E-state index in [1.165, 1.54) is 11.1 Å². The molecule has 0 aliphatic heterocycles. The summed E-state index contributed by atoms with van der Waals surface area (Å²) >= 11 is 0. The molecule has 0 unspecified atom stereocenters. The summed E-state index contributed by atoms with van der Waals surface area (Å²) in [5.41, 5.74) is 1.74. The highest BCUT2D eigenvalue weighted by atomic mass is 16.3. The van der Waals surface area contributed by atoms with Gasteiger partial charge in [0.05, 0.1) is 5.69 Å². The molecule has 1 saturated carbocycles. The Labute approximate surface area is 163 Å². The van der Waals surface area contributed by atoms with Crippen LogP contribution in [0.1, 0.15) is 59.6 Å². The first-order chi connectivity index (χ1) is 13.7. The molecule has 0 spiro atoms. The molecule has 7 nitrogen and oxygen atoms in total. The highest BCUT2D eigenvalue weighted by molar-refractivity contribution is 5.97. The van der Waals surface area contributed by atoms with Gasteiger partial charge in [-0.25, -0.2) is 9.67 Å². The third-order valence-corrected chi connectivity index (χ3v) is 5.07. The standard InChI is InChI=1S/C21H22N5O2/c27-19(22-14-15-8-3-1-4-9-15)17-18(16-10-5-2-6-11-16)24-21(25-20(17)28)26-13-7-12-23-26/h3-4,7-9,12-13,16H,2,5-6,10-11,14H2,(H,22,27)(H,24,25,28). The van der Waals surface area contributed by atoms with Gasteiger partial charge in [-0.1, -0.05) is 43.5 Å². The molecule has 143 valence electrons. The van der Waals surface area contributed by atoms with Crippen LogP contribution in [0, 0.1) is 6.07 Å². The topological polar surface area (TPSA) is 92.9 Å². The van der Waals surface area contributed by atoms with Gasteiger partial charge >= 0.3 is 0 Å². The Morgan fingerprint density at radius 1 is 1.21 bits per heavy atom. The second-order valence-corrected chi connectivity index (χ2v) is 6.98. The number of aromatic nitrogens is 4. The van der Waals surface area contributed by atoms with Crippen molar-refractivity contribution in [2.75, 3.05) is 0 Å². The Morgan fingerprint density at radius 2 is 2.00 bits per heavy atom. The van der Waals surface area contributed by atoms with Gasteiger partial charge in [-0.05, 0) is 30.5 Å². The number of hydrogen-bond donors (Lipinski definition) is 2. The van der Waals surface area contributed by atoms with Crippen molar-refractivity contribution < 1.29 is 9.90 Å². The lowest BCUT2D eigenvalue weighted by atomic mass is 9.85. The fourth-order valence-electron chi connectivity index (χ4n) is 3.64. The van der Waals surface area contributed by atoms with Crippen LogP contribution >= 0.6 is 0 Å². The number of benzene rings is 1. The molecule has 0 saturated heterocycles. The number of nitrogens with one attached hydrogen (secondary N) is 1. The maximum Gasteiger partial charge on any atom is 0.258 e. The lowest BCUT2D eigenvalue weighted by molar-refractivity contribution is 0.0945. The number of amides is 1. The summed E-state index contributed by atoms with van der Waals surface area (Å²) in [5.74, 6) is -0.264. The lowest BCUT2D eigenvalue weighted by Crippen LogP contribution is -2.26. The average molecular weight is 376 g/mol. The molecule has 1 aromatic carbocycles. The Hall–Kier alpha value is -3.22. The fraction of sp³-hybridized carbons (Fsp3) is 0.333. The molecule has 1 aliphatic carbocycles. The van der Waals surface area contributed by atoms with Gasteiger partial charge in [0.1, 0.15) is 5.56 Å². The van der Waals surface area contributed by atoms with Crippen molar-refractivity contribution in [1.82, 2.24) is 25.1 Å². The summed E-state index contributed by atoms with van der Waals surface area (Å²) in [7, 11) is 0. The number of carbonyl (C=O) groups excluding carboxylic acids is 1. The van der Waals surface area contributed by atoms with Crippen LogP contribution in [0.25, 0.3) is 5.95 Å². The van der Waals surface area contributed by atoms with Gasteiger partial charge < -0.3 is 10.4 Å². The van der Waals surface area contributed by atoms with Gasteiger partial charge in [0, 0.05) is 24.9 Å². The first kappa shape index (κ1) is 18.2. The molecule has 3 aromatic rings. The SMILES string of the molecule is O=C(NCc1cc[c]cc1)c1c(O)nc(-n2cccn2)nc1C1CCCCC1. The zero-order valence-electron chi connectivity index (χ0n) is 15.5. The van der Waals surface area contributed by atoms with Gasteiger partial charge in [-0.3, -0.25) is 4.79 Å². The van der Waals surface area contributed by atoms with Crippen molar-refractivity contribution in [3.63, 3.8) is 0 Å². The van der Waals surface area contributed by atoms with Crippen LogP contribution in [-0.4, -0.2) is 30.8 Å². The normalized spacial score (nSPS) is 14.7. The zero-order valence-corrected chi connectivity index (χ0v) is 15.5. The largest absolute Gasteiger partial charge is 0.493 e. The van der Waals surface area contributed by atoms with E-state index in [1.807, 2.05) is 12.1 Å². The first-order valence-electron chi connectivity index (χ1n) is 9.56. The molecule has 1 fully saturated rings.